The quantitative estimate of drug-likeness (QED) is 0.880. The van der Waals surface area contributed by atoms with Crippen LogP contribution in [0.1, 0.15) is 35.8 Å². The van der Waals surface area contributed by atoms with Crippen LogP contribution in [0.5, 0.6) is 0 Å². The smallest absolute Gasteiger partial charge is 0.317 e. The van der Waals surface area contributed by atoms with E-state index in [0.29, 0.717) is 12.5 Å². The minimum Gasteiger partial charge on any atom is -0.338 e. The van der Waals surface area contributed by atoms with E-state index in [1.54, 1.807) is 0 Å². The number of rotatable bonds is 6. The highest BCUT2D eigenvalue weighted by atomic mass is 16.2. The van der Waals surface area contributed by atoms with Crippen molar-refractivity contribution in [2.24, 2.45) is 5.92 Å². The first-order valence-corrected chi connectivity index (χ1v) is 9.29. The Bertz CT molecular complexity index is 729. The molecule has 2 heterocycles. The van der Waals surface area contributed by atoms with E-state index < -0.39 is 0 Å². The molecule has 0 radical (unpaired) electrons. The lowest BCUT2D eigenvalue weighted by Crippen LogP contribution is -2.53. The fraction of sp³-hybridized carbons (Fsp3) is 0.500. The molecule has 4 rings (SSSR count). The summed E-state index contributed by atoms with van der Waals surface area (Å²) in [7, 11) is 0. The molecule has 0 spiro atoms. The highest BCUT2D eigenvalue weighted by molar-refractivity contribution is 5.75. The zero-order valence-corrected chi connectivity index (χ0v) is 14.8. The van der Waals surface area contributed by atoms with Crippen molar-refractivity contribution in [2.75, 3.05) is 19.6 Å². The highest BCUT2D eigenvalue weighted by Gasteiger charge is 2.35. The molecule has 1 aliphatic carbocycles. The second kappa shape index (κ2) is 6.90. The Morgan fingerprint density at radius 2 is 2.00 bits per heavy atom. The van der Waals surface area contributed by atoms with Crippen molar-refractivity contribution in [2.45, 2.75) is 38.6 Å². The van der Waals surface area contributed by atoms with E-state index in [0.717, 1.165) is 37.8 Å². The molecule has 1 saturated heterocycles. The molecule has 5 nitrogen and oxygen atoms in total. The number of likely N-dealkylation sites (tertiary alicyclic amines) is 1. The van der Waals surface area contributed by atoms with Crippen molar-refractivity contribution in [1.82, 2.24) is 19.8 Å². The first kappa shape index (κ1) is 16.2. The molecule has 1 saturated carbocycles. The Labute approximate surface area is 149 Å². The maximum absolute atomic E-state index is 12.3. The molecule has 2 aliphatic rings. The van der Waals surface area contributed by atoms with Gasteiger partial charge >= 0.3 is 6.03 Å². The summed E-state index contributed by atoms with van der Waals surface area (Å²) in [6.45, 7) is 5.46. The molecular weight excluding hydrogens is 312 g/mol. The summed E-state index contributed by atoms with van der Waals surface area (Å²) in [6, 6.07) is 10.3. The average molecular weight is 338 g/mol. The van der Waals surface area contributed by atoms with Crippen LogP contribution in [0.3, 0.4) is 0 Å². The number of carbonyl (C=O) groups is 1. The fourth-order valence-corrected chi connectivity index (χ4v) is 3.48. The second-order valence-electron chi connectivity index (χ2n) is 7.38. The van der Waals surface area contributed by atoms with E-state index in [9.17, 15) is 4.79 Å². The van der Waals surface area contributed by atoms with E-state index in [1.807, 2.05) is 29.3 Å². The van der Waals surface area contributed by atoms with Gasteiger partial charge in [0.2, 0.25) is 0 Å². The third kappa shape index (κ3) is 3.70. The number of nitrogens with one attached hydrogen (secondary N) is 1. The highest BCUT2D eigenvalue weighted by Crippen LogP contribution is 2.34. The normalized spacial score (nSPS) is 17.4. The Kier molecular flexibility index (Phi) is 4.47. The third-order valence-electron chi connectivity index (χ3n) is 5.29. The predicted octanol–water partition coefficient (Wildman–Crippen LogP) is 2.95. The molecule has 2 amide bonds. The van der Waals surface area contributed by atoms with Crippen molar-refractivity contribution in [3.63, 3.8) is 0 Å². The largest absolute Gasteiger partial charge is 0.338 e. The maximum atomic E-state index is 12.3. The van der Waals surface area contributed by atoms with Gasteiger partial charge in [0, 0.05) is 38.1 Å². The topological polar surface area (TPSA) is 50.2 Å². The lowest BCUT2D eigenvalue weighted by Gasteiger charge is -2.39. The molecule has 1 aromatic carbocycles. The van der Waals surface area contributed by atoms with Crippen LogP contribution in [0.4, 0.5) is 4.79 Å². The van der Waals surface area contributed by atoms with Gasteiger partial charge in [-0.1, -0.05) is 30.3 Å². The summed E-state index contributed by atoms with van der Waals surface area (Å²) in [5.41, 5.74) is 2.49. The van der Waals surface area contributed by atoms with Gasteiger partial charge < -0.3 is 14.8 Å². The average Bonchev–Trinajstić information content (AvgIpc) is 3.33. The van der Waals surface area contributed by atoms with Crippen LogP contribution in [0.15, 0.2) is 36.5 Å². The van der Waals surface area contributed by atoms with Gasteiger partial charge in [0.05, 0.1) is 5.92 Å². The summed E-state index contributed by atoms with van der Waals surface area (Å²) in [5.74, 6) is 2.38. The molecular formula is C20H26N4O. The first-order chi connectivity index (χ1) is 12.2. The van der Waals surface area contributed by atoms with Crippen molar-refractivity contribution in [3.05, 3.63) is 53.6 Å². The number of hydrogen-bond donors (Lipinski definition) is 1. The monoisotopic (exact) mass is 338 g/mol. The van der Waals surface area contributed by atoms with Crippen LogP contribution in [-0.2, 0) is 13.0 Å². The Hall–Kier alpha value is -2.30. The Morgan fingerprint density at radius 3 is 2.72 bits per heavy atom. The molecule has 0 unspecified atom stereocenters. The molecule has 1 aromatic heterocycles. The van der Waals surface area contributed by atoms with Crippen LogP contribution in [0, 0.1) is 12.8 Å². The number of urea groups is 1. The number of imidazole rings is 1. The molecule has 132 valence electrons. The number of hydrogen-bond acceptors (Lipinski definition) is 2. The second-order valence-corrected chi connectivity index (χ2v) is 7.38. The summed E-state index contributed by atoms with van der Waals surface area (Å²) >= 11 is 0. The lowest BCUT2D eigenvalue weighted by molar-refractivity contribution is 0.147. The molecule has 0 bridgehead atoms. The molecule has 25 heavy (non-hydrogen) atoms. The van der Waals surface area contributed by atoms with Gasteiger partial charge in [0.25, 0.3) is 0 Å². The van der Waals surface area contributed by atoms with Crippen molar-refractivity contribution in [3.8, 4) is 0 Å². The van der Waals surface area contributed by atoms with Gasteiger partial charge in [-0.15, -0.1) is 0 Å². The molecule has 1 N–H and O–H groups in total. The van der Waals surface area contributed by atoms with Crippen LogP contribution in [0.25, 0.3) is 0 Å². The summed E-state index contributed by atoms with van der Waals surface area (Å²) in [5, 5.41) is 3.03. The lowest BCUT2D eigenvalue weighted by atomic mass is 9.99. The van der Waals surface area contributed by atoms with Gasteiger partial charge in [0.1, 0.15) is 5.82 Å². The van der Waals surface area contributed by atoms with E-state index in [1.165, 1.54) is 24.1 Å². The maximum Gasteiger partial charge on any atom is 0.317 e. The first-order valence-electron chi connectivity index (χ1n) is 9.29. The fourth-order valence-electron chi connectivity index (χ4n) is 3.48. The minimum atomic E-state index is 0.0456. The van der Waals surface area contributed by atoms with Crippen LogP contribution in [0.2, 0.25) is 0 Å². The van der Waals surface area contributed by atoms with Crippen molar-refractivity contribution in [1.29, 1.82) is 0 Å². The van der Waals surface area contributed by atoms with Crippen molar-refractivity contribution >= 4 is 6.03 Å². The number of nitrogens with zero attached hydrogens (tertiary/aromatic N) is 3. The van der Waals surface area contributed by atoms with Gasteiger partial charge in [0.15, 0.2) is 0 Å². The zero-order chi connectivity index (χ0) is 17.2. The van der Waals surface area contributed by atoms with E-state index in [-0.39, 0.29) is 6.03 Å². The van der Waals surface area contributed by atoms with Gasteiger partial charge in [-0.3, -0.25) is 0 Å². The van der Waals surface area contributed by atoms with E-state index in [4.69, 9.17) is 0 Å². The third-order valence-corrected chi connectivity index (χ3v) is 5.29. The molecule has 2 aromatic rings. The Balaban J connectivity index is 1.25. The van der Waals surface area contributed by atoms with E-state index >= 15 is 0 Å². The Morgan fingerprint density at radius 1 is 1.24 bits per heavy atom. The summed E-state index contributed by atoms with van der Waals surface area (Å²) in [4.78, 5) is 18.8. The zero-order valence-electron chi connectivity index (χ0n) is 14.8. The summed E-state index contributed by atoms with van der Waals surface area (Å²) < 4.78 is 2.37. The van der Waals surface area contributed by atoms with Gasteiger partial charge in [-0.25, -0.2) is 9.78 Å². The van der Waals surface area contributed by atoms with Crippen LogP contribution >= 0.6 is 0 Å². The molecule has 5 heteroatoms. The van der Waals surface area contributed by atoms with E-state index in [2.05, 4.69) is 33.9 Å². The van der Waals surface area contributed by atoms with Crippen molar-refractivity contribution < 1.29 is 4.79 Å². The molecule has 0 atom stereocenters. The standard InChI is InChI=1S/C20H26N4O/c1-15-11-22-19(24(15)12-17-7-8-17)18-13-23(14-18)20(25)21-10-9-16-5-3-2-4-6-16/h2-6,11,17-18H,7-10,12-14H2,1H3,(H,21,25). The number of aryl methyl sites for hydroxylation is 1. The van der Waals surface area contributed by atoms with Crippen LogP contribution < -0.4 is 5.32 Å². The van der Waals surface area contributed by atoms with Gasteiger partial charge in [-0.2, -0.15) is 0 Å². The molecule has 1 aliphatic heterocycles. The summed E-state index contributed by atoms with van der Waals surface area (Å²) in [6.07, 6.45) is 5.53. The number of carbonyl (C=O) groups excluding carboxylic acids is 1. The number of amides is 2. The predicted molar refractivity (Wildman–Crippen MR) is 97.5 cm³/mol. The van der Waals surface area contributed by atoms with Gasteiger partial charge in [-0.05, 0) is 37.7 Å². The van der Waals surface area contributed by atoms with Crippen LogP contribution in [-0.4, -0.2) is 40.1 Å². The SMILES string of the molecule is Cc1cnc(C2CN(C(=O)NCCc3ccccc3)C2)n1CC1CC1. The minimum absolute atomic E-state index is 0.0456. The molecule has 2 fully saturated rings. The number of benzene rings is 1. The number of aromatic nitrogens is 2.